The van der Waals surface area contributed by atoms with Gasteiger partial charge in [-0.1, -0.05) is 10.2 Å². The number of carbonyl (C=O) groups is 1. The van der Waals surface area contributed by atoms with E-state index in [1.54, 1.807) is 0 Å². The van der Waals surface area contributed by atoms with Gasteiger partial charge in [0.25, 0.3) is 5.69 Å². The minimum Gasteiger partial charge on any atom is -0.453 e. The van der Waals surface area contributed by atoms with Gasteiger partial charge in [0.05, 0.1) is 17.0 Å². The Kier molecular flexibility index (Phi) is 6.44. The highest BCUT2D eigenvalue weighted by molar-refractivity contribution is 5.89. The van der Waals surface area contributed by atoms with E-state index in [2.05, 4.69) is 20.1 Å². The maximum atomic E-state index is 14.6. The fourth-order valence-electron chi connectivity index (χ4n) is 2.36. The Labute approximate surface area is 149 Å². The zero-order valence-electron chi connectivity index (χ0n) is 13.3. The third-order valence-electron chi connectivity index (χ3n) is 3.65. The lowest BCUT2D eigenvalue weighted by Crippen LogP contribution is -2.56. The Bertz CT molecular complexity index is 808. The number of ether oxygens (including phenoxy) is 2. The van der Waals surface area contributed by atoms with Crippen LogP contribution in [0.3, 0.4) is 0 Å². The lowest BCUT2D eigenvalue weighted by molar-refractivity contribution is -0.384. The molecule has 1 aromatic carbocycles. The molecule has 0 saturated carbocycles. The van der Waals surface area contributed by atoms with Crippen LogP contribution in [0.1, 0.15) is 10.4 Å². The van der Waals surface area contributed by atoms with Crippen molar-refractivity contribution in [3.63, 3.8) is 0 Å². The van der Waals surface area contributed by atoms with Crippen LogP contribution < -0.4 is 0 Å². The summed E-state index contributed by atoms with van der Waals surface area (Å²) in [6.45, 7) is -0.543. The number of alkyl halides is 2. The maximum absolute atomic E-state index is 14.6. The summed E-state index contributed by atoms with van der Waals surface area (Å²) in [6, 6.07) is 2.34. The molecule has 0 bridgehead atoms. The van der Waals surface area contributed by atoms with Gasteiger partial charge >= 0.3 is 5.97 Å². The van der Waals surface area contributed by atoms with Gasteiger partial charge in [0.1, 0.15) is 12.1 Å². The van der Waals surface area contributed by atoms with Crippen LogP contribution in [0.4, 0.5) is 14.5 Å². The van der Waals surface area contributed by atoms with Gasteiger partial charge in [0.2, 0.25) is 6.36 Å². The molecule has 1 aromatic rings. The zero-order valence-corrected chi connectivity index (χ0v) is 13.3. The van der Waals surface area contributed by atoms with E-state index in [0.29, 0.717) is 0 Å². The number of nitro benzene ring substituents is 1. The number of benzene rings is 1. The van der Waals surface area contributed by atoms with Crippen molar-refractivity contribution in [2.24, 2.45) is 10.2 Å². The molecule has 27 heavy (non-hydrogen) atoms. The van der Waals surface area contributed by atoms with Crippen LogP contribution in [-0.4, -0.2) is 48.2 Å². The third kappa shape index (κ3) is 4.58. The van der Waals surface area contributed by atoms with E-state index in [4.69, 9.17) is 20.5 Å². The van der Waals surface area contributed by atoms with E-state index >= 15 is 0 Å². The first-order valence-corrected chi connectivity index (χ1v) is 7.33. The van der Waals surface area contributed by atoms with E-state index in [1.807, 2.05) is 0 Å². The van der Waals surface area contributed by atoms with Crippen molar-refractivity contribution in [1.29, 1.82) is 0 Å². The van der Waals surface area contributed by atoms with Crippen LogP contribution >= 0.6 is 0 Å². The summed E-state index contributed by atoms with van der Waals surface area (Å²) in [5, 5.41) is 16.7. The highest BCUT2D eigenvalue weighted by Crippen LogP contribution is 2.30. The molecule has 14 heteroatoms. The molecule has 0 aromatic heterocycles. The second-order valence-electron chi connectivity index (χ2n) is 5.25. The maximum Gasteiger partial charge on any atom is 0.338 e. The fourth-order valence-corrected chi connectivity index (χ4v) is 2.36. The Morgan fingerprint density at radius 3 is 2.52 bits per heavy atom. The lowest BCUT2D eigenvalue weighted by atomic mass is 9.98. The first kappa shape index (κ1) is 19.8. The van der Waals surface area contributed by atoms with Crippen molar-refractivity contribution in [1.82, 2.24) is 0 Å². The van der Waals surface area contributed by atoms with Crippen LogP contribution in [0.15, 0.2) is 34.5 Å². The number of rotatable bonds is 6. The fraction of sp³-hybridized carbons (Fsp3) is 0.462. The molecule has 0 radical (unpaired) electrons. The summed E-state index contributed by atoms with van der Waals surface area (Å²) < 4.78 is 38.2. The highest BCUT2D eigenvalue weighted by atomic mass is 19.2. The Hall–Kier alpha value is -3.47. The molecule has 1 saturated heterocycles. The minimum absolute atomic E-state index is 0.141. The number of nitrogens with zero attached hydrogens (tertiary/aromatic N) is 7. The smallest absolute Gasteiger partial charge is 0.338 e. The average molecular weight is 383 g/mol. The van der Waals surface area contributed by atoms with Crippen LogP contribution in [0, 0.1) is 10.1 Å². The van der Waals surface area contributed by atoms with E-state index in [9.17, 15) is 23.7 Å². The normalized spacial score (nSPS) is 27.0. The number of hydrogen-bond donors (Lipinski definition) is 0. The van der Waals surface area contributed by atoms with E-state index in [1.165, 1.54) is 0 Å². The quantitative estimate of drug-likeness (QED) is 0.183. The van der Waals surface area contributed by atoms with Crippen molar-refractivity contribution in [2.75, 3.05) is 6.54 Å². The molecule has 0 spiro atoms. The summed E-state index contributed by atoms with van der Waals surface area (Å²) in [5.41, 5.74) is 16.4. The van der Waals surface area contributed by atoms with Crippen molar-refractivity contribution in [2.45, 2.75) is 30.8 Å². The lowest BCUT2D eigenvalue weighted by Gasteiger charge is -2.38. The molecule has 2 rings (SSSR count). The molecule has 1 fully saturated rings. The summed E-state index contributed by atoms with van der Waals surface area (Å²) >= 11 is 0. The molecule has 12 nitrogen and oxygen atoms in total. The minimum atomic E-state index is -2.33. The number of nitro groups is 1. The van der Waals surface area contributed by atoms with Gasteiger partial charge in [0, 0.05) is 22.0 Å². The standard InChI is InChI=1S/C13H11F2N7O5/c14-9-10(19-21-17)12(15)26-8(5-18-20-16)11(9)27-13(23)6-1-3-7(4-2-6)22(24)25/h1-4,8-12H,5H2/t8-,9-,10-,11+,12+/m1/s1. The van der Waals surface area contributed by atoms with Gasteiger partial charge in [-0.25, -0.2) is 13.6 Å². The first-order chi connectivity index (χ1) is 12.9. The number of halogens is 2. The monoisotopic (exact) mass is 383 g/mol. The summed E-state index contributed by atoms with van der Waals surface area (Å²) in [6.07, 6.45) is -7.80. The second kappa shape index (κ2) is 8.76. The van der Waals surface area contributed by atoms with Gasteiger partial charge < -0.3 is 9.47 Å². The van der Waals surface area contributed by atoms with Gasteiger partial charge in [-0.3, -0.25) is 10.1 Å². The first-order valence-electron chi connectivity index (χ1n) is 7.33. The van der Waals surface area contributed by atoms with Crippen LogP contribution in [0.2, 0.25) is 0 Å². The molecule has 0 aliphatic carbocycles. The third-order valence-corrected chi connectivity index (χ3v) is 3.65. The largest absolute Gasteiger partial charge is 0.453 e. The van der Waals surface area contributed by atoms with Crippen molar-refractivity contribution in [3.05, 3.63) is 60.8 Å². The molecular formula is C13H11F2N7O5. The summed E-state index contributed by atoms with van der Waals surface area (Å²) in [7, 11) is 0. The Morgan fingerprint density at radius 1 is 1.30 bits per heavy atom. The highest BCUT2D eigenvalue weighted by Gasteiger charge is 2.48. The van der Waals surface area contributed by atoms with Crippen LogP contribution in [0.25, 0.3) is 20.9 Å². The summed E-state index contributed by atoms with van der Waals surface area (Å²) in [4.78, 5) is 26.9. The predicted octanol–water partition coefficient (Wildman–Crippen LogP) is 3.14. The number of carbonyl (C=O) groups excluding carboxylic acids is 1. The van der Waals surface area contributed by atoms with Gasteiger partial charge in [-0.15, -0.1) is 0 Å². The Balaban J connectivity index is 2.23. The molecule has 1 heterocycles. The van der Waals surface area contributed by atoms with Crippen molar-refractivity contribution >= 4 is 11.7 Å². The van der Waals surface area contributed by atoms with Crippen LogP contribution in [0.5, 0.6) is 0 Å². The second-order valence-corrected chi connectivity index (χ2v) is 5.25. The number of azide groups is 2. The van der Waals surface area contributed by atoms with Gasteiger partial charge in [-0.2, -0.15) is 0 Å². The molecule has 1 aliphatic heterocycles. The summed E-state index contributed by atoms with van der Waals surface area (Å²) in [5.74, 6) is -1.08. The van der Waals surface area contributed by atoms with Crippen molar-refractivity contribution in [3.8, 4) is 0 Å². The predicted molar refractivity (Wildman–Crippen MR) is 83.9 cm³/mol. The SMILES string of the molecule is [N-]=[N+]=NC[C@H]1O[C@H](F)[C@H](N=[N+]=[N-])[C@@H](F)[C@H]1OC(=O)c1ccc([N+](=O)[O-])cc1. The van der Waals surface area contributed by atoms with Crippen LogP contribution in [-0.2, 0) is 9.47 Å². The molecule has 0 unspecified atom stereocenters. The number of esters is 1. The molecule has 142 valence electrons. The molecule has 1 aliphatic rings. The van der Waals surface area contributed by atoms with Crippen molar-refractivity contribution < 1.29 is 28.0 Å². The topological polar surface area (TPSA) is 176 Å². The molecular weight excluding hydrogens is 372 g/mol. The number of non-ortho nitro benzene ring substituents is 1. The zero-order chi connectivity index (χ0) is 20.0. The number of hydrogen-bond acceptors (Lipinski definition) is 7. The van der Waals surface area contributed by atoms with E-state index < -0.39 is 48.2 Å². The van der Waals surface area contributed by atoms with Gasteiger partial charge in [0.15, 0.2) is 12.3 Å². The molecule has 0 amide bonds. The van der Waals surface area contributed by atoms with E-state index in [0.717, 1.165) is 24.3 Å². The molecule has 5 atom stereocenters. The molecule has 0 N–H and O–H groups in total. The van der Waals surface area contributed by atoms with E-state index in [-0.39, 0.29) is 11.3 Å². The average Bonchev–Trinajstić information content (AvgIpc) is 2.65. The van der Waals surface area contributed by atoms with Gasteiger partial charge in [-0.05, 0) is 23.2 Å². The Morgan fingerprint density at radius 2 is 1.96 bits per heavy atom.